The van der Waals surface area contributed by atoms with E-state index in [1.807, 2.05) is 17.7 Å². The number of amides is 1. The van der Waals surface area contributed by atoms with Crippen molar-refractivity contribution in [1.29, 1.82) is 0 Å². The van der Waals surface area contributed by atoms with Crippen molar-refractivity contribution in [3.63, 3.8) is 0 Å². The second kappa shape index (κ2) is 6.15. The number of pyridine rings is 1. The predicted molar refractivity (Wildman–Crippen MR) is 91.3 cm³/mol. The van der Waals surface area contributed by atoms with Gasteiger partial charge in [0.25, 0.3) is 11.5 Å². The smallest absolute Gasteiger partial charge is 0.261 e. The summed E-state index contributed by atoms with van der Waals surface area (Å²) in [6.07, 6.45) is 2.83. The van der Waals surface area contributed by atoms with Crippen LogP contribution in [0.25, 0.3) is 0 Å². The van der Waals surface area contributed by atoms with Crippen molar-refractivity contribution in [1.82, 2.24) is 19.7 Å². The van der Waals surface area contributed by atoms with Gasteiger partial charge in [-0.1, -0.05) is 6.92 Å². The van der Waals surface area contributed by atoms with E-state index < -0.39 is 6.10 Å². The third-order valence-corrected chi connectivity index (χ3v) is 5.15. The molecule has 0 spiro atoms. The first kappa shape index (κ1) is 16.1. The minimum atomic E-state index is -0.582. The lowest BCUT2D eigenvalue weighted by Gasteiger charge is -2.27. The molecule has 0 saturated heterocycles. The fourth-order valence-corrected chi connectivity index (χ4v) is 3.68. The summed E-state index contributed by atoms with van der Waals surface area (Å²) in [4.78, 5) is 29.7. The Morgan fingerprint density at radius 2 is 2.20 bits per heavy atom. The average Bonchev–Trinajstić information content (AvgIpc) is 3.24. The molecule has 0 radical (unpaired) electrons. The van der Waals surface area contributed by atoms with E-state index in [4.69, 9.17) is 0 Å². The lowest BCUT2D eigenvalue weighted by Crippen LogP contribution is -2.40. The monoisotopic (exact) mass is 342 g/mol. The van der Waals surface area contributed by atoms with Crippen molar-refractivity contribution < 1.29 is 9.90 Å². The lowest BCUT2D eigenvalue weighted by atomic mass is 10.1. The molecule has 2 aromatic heterocycles. The number of nitrogens with zero attached hydrogens (tertiary/aromatic N) is 3. The van der Waals surface area contributed by atoms with Crippen LogP contribution in [0.1, 0.15) is 58.9 Å². The number of aryl methyl sites for hydroxylation is 2. The molecule has 132 valence electrons. The van der Waals surface area contributed by atoms with E-state index in [1.54, 1.807) is 11.0 Å². The summed E-state index contributed by atoms with van der Waals surface area (Å²) >= 11 is 0. The number of carbonyl (C=O) groups excluding carboxylic acids is 1. The Hall–Kier alpha value is -2.41. The van der Waals surface area contributed by atoms with Crippen LogP contribution in [0.5, 0.6) is 0 Å². The van der Waals surface area contributed by atoms with Crippen LogP contribution in [0.2, 0.25) is 0 Å². The second-order valence-corrected chi connectivity index (χ2v) is 6.80. The molecule has 0 bridgehead atoms. The van der Waals surface area contributed by atoms with Crippen molar-refractivity contribution in [3.05, 3.63) is 50.7 Å². The standard InChI is InChI=1S/C18H22N4O3/c1-2-16(23)15-9-12-10-21(6-7-22(12)20-15)18(25)13-8-11-4-3-5-14(11)19-17(13)24/h8-9,16,23H,2-7,10H2,1H3,(H,19,24)/t16-/m1/s1. The minimum Gasteiger partial charge on any atom is -0.387 e. The molecule has 1 amide bonds. The van der Waals surface area contributed by atoms with E-state index in [-0.39, 0.29) is 17.0 Å². The molecule has 1 aliphatic carbocycles. The summed E-state index contributed by atoms with van der Waals surface area (Å²) in [5.41, 5.74) is 3.51. The van der Waals surface area contributed by atoms with Gasteiger partial charge in [0.1, 0.15) is 5.56 Å². The molecule has 0 unspecified atom stereocenters. The zero-order valence-corrected chi connectivity index (χ0v) is 14.3. The number of hydrogen-bond acceptors (Lipinski definition) is 4. The minimum absolute atomic E-state index is 0.224. The zero-order valence-electron chi connectivity index (χ0n) is 14.3. The van der Waals surface area contributed by atoms with Gasteiger partial charge in [0.15, 0.2) is 0 Å². The maximum absolute atomic E-state index is 12.9. The number of fused-ring (bicyclic) bond motifs is 2. The maximum atomic E-state index is 12.9. The van der Waals surface area contributed by atoms with Crippen LogP contribution in [0.3, 0.4) is 0 Å². The van der Waals surface area contributed by atoms with Gasteiger partial charge in [-0.25, -0.2) is 0 Å². The van der Waals surface area contributed by atoms with Crippen LogP contribution in [0.4, 0.5) is 0 Å². The van der Waals surface area contributed by atoms with E-state index >= 15 is 0 Å². The predicted octanol–water partition coefficient (Wildman–Crippen LogP) is 1.16. The highest BCUT2D eigenvalue weighted by Crippen LogP contribution is 2.22. The van der Waals surface area contributed by atoms with Crippen molar-refractivity contribution in [2.75, 3.05) is 6.54 Å². The Morgan fingerprint density at radius 1 is 1.36 bits per heavy atom. The third-order valence-electron chi connectivity index (χ3n) is 5.15. The number of aliphatic hydroxyl groups is 1. The molecule has 3 heterocycles. The highest BCUT2D eigenvalue weighted by atomic mass is 16.3. The van der Waals surface area contributed by atoms with Gasteiger partial charge in [-0.2, -0.15) is 5.10 Å². The summed E-state index contributed by atoms with van der Waals surface area (Å²) in [5, 5.41) is 14.4. The van der Waals surface area contributed by atoms with Gasteiger partial charge in [0, 0.05) is 12.2 Å². The quantitative estimate of drug-likeness (QED) is 0.876. The number of H-pyrrole nitrogens is 1. The molecule has 0 fully saturated rings. The van der Waals surface area contributed by atoms with Gasteiger partial charge >= 0.3 is 0 Å². The zero-order chi connectivity index (χ0) is 17.6. The Morgan fingerprint density at radius 3 is 3.00 bits per heavy atom. The number of carbonyl (C=O) groups is 1. The Labute approximate surface area is 145 Å². The van der Waals surface area contributed by atoms with Crippen molar-refractivity contribution >= 4 is 5.91 Å². The van der Waals surface area contributed by atoms with Crippen LogP contribution >= 0.6 is 0 Å². The first-order valence-corrected chi connectivity index (χ1v) is 8.86. The summed E-state index contributed by atoms with van der Waals surface area (Å²) in [5.74, 6) is -0.235. The van der Waals surface area contributed by atoms with Crippen molar-refractivity contribution in [3.8, 4) is 0 Å². The average molecular weight is 342 g/mol. The third kappa shape index (κ3) is 2.78. The van der Waals surface area contributed by atoms with E-state index in [1.165, 1.54) is 0 Å². The van der Waals surface area contributed by atoms with Crippen LogP contribution in [0.15, 0.2) is 16.9 Å². The molecular formula is C18H22N4O3. The summed E-state index contributed by atoms with van der Waals surface area (Å²) < 4.78 is 1.84. The fraction of sp³-hybridized carbons (Fsp3) is 0.500. The highest BCUT2D eigenvalue weighted by molar-refractivity contribution is 5.94. The molecule has 7 nitrogen and oxygen atoms in total. The van der Waals surface area contributed by atoms with E-state index in [2.05, 4.69) is 10.1 Å². The molecule has 7 heteroatoms. The number of aromatic amines is 1. The molecule has 2 N–H and O–H groups in total. The molecule has 1 aliphatic heterocycles. The van der Waals surface area contributed by atoms with Gasteiger partial charge in [-0.15, -0.1) is 0 Å². The maximum Gasteiger partial charge on any atom is 0.261 e. The highest BCUT2D eigenvalue weighted by Gasteiger charge is 2.27. The Balaban J connectivity index is 1.58. The fourth-order valence-electron chi connectivity index (χ4n) is 3.68. The van der Waals surface area contributed by atoms with Gasteiger partial charge in [0.05, 0.1) is 30.6 Å². The summed E-state index contributed by atoms with van der Waals surface area (Å²) in [7, 11) is 0. The van der Waals surface area contributed by atoms with E-state index in [0.29, 0.717) is 31.7 Å². The largest absolute Gasteiger partial charge is 0.387 e. The molecule has 4 rings (SSSR count). The van der Waals surface area contributed by atoms with Gasteiger partial charge < -0.3 is 15.0 Å². The topological polar surface area (TPSA) is 91.2 Å². The lowest BCUT2D eigenvalue weighted by molar-refractivity contribution is 0.0703. The molecule has 25 heavy (non-hydrogen) atoms. The number of rotatable bonds is 3. The van der Waals surface area contributed by atoms with Crippen molar-refractivity contribution in [2.24, 2.45) is 0 Å². The molecule has 2 aromatic rings. The summed E-state index contributed by atoms with van der Waals surface area (Å²) in [6.45, 7) is 3.38. The first-order valence-electron chi connectivity index (χ1n) is 8.86. The summed E-state index contributed by atoms with van der Waals surface area (Å²) in [6, 6.07) is 3.61. The number of hydrogen-bond donors (Lipinski definition) is 2. The van der Waals surface area contributed by atoms with E-state index in [9.17, 15) is 14.7 Å². The molecule has 1 atom stereocenters. The Kier molecular flexibility index (Phi) is 3.95. The Bertz CT molecular complexity index is 883. The van der Waals surface area contributed by atoms with Gasteiger partial charge in [0.2, 0.25) is 0 Å². The normalized spacial score (nSPS) is 17.3. The number of aromatic nitrogens is 3. The van der Waals surface area contributed by atoms with E-state index in [0.717, 1.165) is 36.2 Å². The van der Waals surface area contributed by atoms with Crippen LogP contribution in [-0.2, 0) is 25.9 Å². The SMILES string of the molecule is CC[C@@H](O)c1cc2n(n1)CCN(C(=O)c1cc3c([nH]c1=O)CCC3)C2. The first-order chi connectivity index (χ1) is 12.1. The van der Waals surface area contributed by atoms with Crippen LogP contribution in [-0.4, -0.2) is 37.2 Å². The molecule has 0 saturated carbocycles. The second-order valence-electron chi connectivity index (χ2n) is 6.80. The van der Waals surface area contributed by atoms with Gasteiger partial charge in [-0.3, -0.25) is 14.3 Å². The van der Waals surface area contributed by atoms with Gasteiger partial charge in [-0.05, 0) is 43.4 Å². The molecule has 0 aromatic carbocycles. The molecule has 2 aliphatic rings. The number of nitrogens with one attached hydrogen (secondary N) is 1. The van der Waals surface area contributed by atoms with Crippen molar-refractivity contribution in [2.45, 2.75) is 51.8 Å². The number of aliphatic hydroxyl groups excluding tert-OH is 1. The van der Waals surface area contributed by atoms with Crippen LogP contribution in [0, 0.1) is 0 Å². The molecular weight excluding hydrogens is 320 g/mol. The van der Waals surface area contributed by atoms with Crippen LogP contribution < -0.4 is 5.56 Å².